The molecule has 3 atom stereocenters. The number of nitrogens with one attached hydrogen (secondary N) is 1. The fourth-order valence-electron chi connectivity index (χ4n) is 5.43. The summed E-state index contributed by atoms with van der Waals surface area (Å²) < 4.78 is 46.0. The number of hydrogen-bond donors (Lipinski definition) is 2. The van der Waals surface area contributed by atoms with Gasteiger partial charge in [0.25, 0.3) is 0 Å². The summed E-state index contributed by atoms with van der Waals surface area (Å²) in [5.41, 5.74) is 3.84. The Morgan fingerprint density at radius 3 is 2.06 bits per heavy atom. The Morgan fingerprint density at radius 1 is 1.00 bits per heavy atom. The Balaban J connectivity index is 1.20. The molecule has 3 aliphatic rings. The quantitative estimate of drug-likeness (QED) is 0.648. The fraction of sp³-hybridized carbons (Fsp3) is 0.400. The molecule has 0 spiro atoms. The van der Waals surface area contributed by atoms with Gasteiger partial charge in [0.2, 0.25) is 5.91 Å². The van der Waals surface area contributed by atoms with Gasteiger partial charge in [-0.1, -0.05) is 48.5 Å². The third kappa shape index (κ3) is 4.33. The van der Waals surface area contributed by atoms with Crippen molar-refractivity contribution in [3.63, 3.8) is 0 Å². The van der Waals surface area contributed by atoms with Crippen LogP contribution in [0, 0.1) is 17.8 Å². The van der Waals surface area contributed by atoms with Crippen LogP contribution in [0.25, 0.3) is 11.1 Å². The first-order chi connectivity index (χ1) is 16.6. The molecule has 7 nitrogen and oxygen atoms in total. The predicted molar refractivity (Wildman–Crippen MR) is 117 cm³/mol. The summed E-state index contributed by atoms with van der Waals surface area (Å²) >= 11 is 0. The van der Waals surface area contributed by atoms with Crippen LogP contribution in [0.3, 0.4) is 0 Å². The van der Waals surface area contributed by atoms with Crippen LogP contribution < -0.4 is 5.32 Å². The average molecular weight is 488 g/mol. The van der Waals surface area contributed by atoms with E-state index in [-0.39, 0.29) is 37.5 Å². The summed E-state index contributed by atoms with van der Waals surface area (Å²) in [7, 11) is 0. The van der Waals surface area contributed by atoms with Gasteiger partial charge in [0, 0.05) is 19.0 Å². The van der Waals surface area contributed by atoms with Gasteiger partial charge in [-0.25, -0.2) is 4.79 Å². The number of ether oxygens (including phenoxy) is 1. The predicted octanol–water partition coefficient (Wildman–Crippen LogP) is 3.64. The summed E-state index contributed by atoms with van der Waals surface area (Å²) in [5.74, 6) is -2.99. The first-order valence-corrected chi connectivity index (χ1v) is 11.3. The van der Waals surface area contributed by atoms with Crippen LogP contribution in [0.2, 0.25) is 0 Å². The molecule has 5 rings (SSSR count). The van der Waals surface area contributed by atoms with Crippen molar-refractivity contribution in [3.8, 4) is 11.1 Å². The number of likely N-dealkylation sites (tertiary alicyclic amines) is 1. The second kappa shape index (κ2) is 8.58. The van der Waals surface area contributed by atoms with Crippen LogP contribution >= 0.6 is 0 Å². The highest BCUT2D eigenvalue weighted by Crippen LogP contribution is 2.52. The Morgan fingerprint density at radius 2 is 1.54 bits per heavy atom. The zero-order valence-corrected chi connectivity index (χ0v) is 18.5. The number of fused-ring (bicyclic) bond motifs is 4. The van der Waals surface area contributed by atoms with E-state index < -0.39 is 42.5 Å². The lowest BCUT2D eigenvalue weighted by Gasteiger charge is -2.25. The van der Waals surface area contributed by atoms with Crippen molar-refractivity contribution in [1.29, 1.82) is 0 Å². The zero-order valence-electron chi connectivity index (χ0n) is 18.5. The molecule has 0 bridgehead atoms. The molecule has 1 heterocycles. The number of nitrogens with zero attached hydrogens (tertiary/aromatic N) is 1. The third-order valence-electron chi connectivity index (χ3n) is 7.24. The molecule has 0 aromatic heterocycles. The summed E-state index contributed by atoms with van der Waals surface area (Å²) in [5, 5.41) is 10.9. The van der Waals surface area contributed by atoms with E-state index in [9.17, 15) is 27.6 Å². The van der Waals surface area contributed by atoms with Crippen molar-refractivity contribution < 1.29 is 37.4 Å². The van der Waals surface area contributed by atoms with Gasteiger partial charge in [0.1, 0.15) is 12.6 Å². The van der Waals surface area contributed by atoms with Crippen molar-refractivity contribution in [2.24, 2.45) is 17.8 Å². The highest BCUT2D eigenvalue weighted by Gasteiger charge is 2.60. The van der Waals surface area contributed by atoms with Crippen LogP contribution in [0.4, 0.5) is 18.0 Å². The topological polar surface area (TPSA) is 95.9 Å². The molecule has 35 heavy (non-hydrogen) atoms. The van der Waals surface area contributed by atoms with Gasteiger partial charge in [-0.05, 0) is 34.1 Å². The third-order valence-corrected chi connectivity index (χ3v) is 7.24. The van der Waals surface area contributed by atoms with E-state index >= 15 is 0 Å². The average Bonchev–Trinajstić information content (AvgIpc) is 3.17. The molecular formula is C25H23F3N2O5. The monoisotopic (exact) mass is 488 g/mol. The van der Waals surface area contributed by atoms with Gasteiger partial charge < -0.3 is 20.1 Å². The summed E-state index contributed by atoms with van der Waals surface area (Å²) in [6.07, 6.45) is -7.07. The van der Waals surface area contributed by atoms with Crippen LogP contribution in [0.15, 0.2) is 48.5 Å². The number of amides is 2. The minimum atomic E-state index is -4.85. The number of aliphatic carboxylic acids is 1. The number of alkyl halides is 3. The van der Waals surface area contributed by atoms with Crippen molar-refractivity contribution >= 4 is 18.0 Å². The normalized spacial score (nSPS) is 23.2. The van der Waals surface area contributed by atoms with Gasteiger partial charge >= 0.3 is 18.2 Å². The first-order valence-electron chi connectivity index (χ1n) is 11.3. The second-order valence-electron chi connectivity index (χ2n) is 9.26. The molecule has 2 aromatic rings. The number of carboxylic acids is 1. The molecule has 2 aromatic carbocycles. The van der Waals surface area contributed by atoms with E-state index in [2.05, 4.69) is 0 Å². The number of carbonyl (C=O) groups is 3. The Hall–Kier alpha value is -3.56. The van der Waals surface area contributed by atoms with Crippen molar-refractivity contribution in [1.82, 2.24) is 10.2 Å². The number of rotatable bonds is 6. The maximum absolute atomic E-state index is 13.6. The van der Waals surface area contributed by atoms with Gasteiger partial charge in [-0.3, -0.25) is 9.59 Å². The maximum Gasteiger partial charge on any atom is 0.409 e. The number of carbonyl (C=O) groups excluding carboxylic acids is 2. The standard InChI is InChI=1S/C25H23F3N2O5/c26-25(27,28)20(9-21(31)30-10-17-18(11-30)22(17)23(32)33)29-24(34)35-12-19-15-7-3-1-5-13(15)14-6-2-4-8-16(14)19/h1-8,17-20,22H,9-12H2,(H,29,34)(H,32,33). The minimum absolute atomic E-state index is 0.121. The fourth-order valence-corrected chi connectivity index (χ4v) is 5.43. The van der Waals surface area contributed by atoms with E-state index in [1.807, 2.05) is 48.5 Å². The molecule has 2 aliphatic carbocycles. The van der Waals surface area contributed by atoms with Crippen LogP contribution in [-0.4, -0.2) is 59.9 Å². The zero-order chi connectivity index (χ0) is 24.9. The van der Waals surface area contributed by atoms with E-state index in [1.165, 1.54) is 4.90 Å². The molecule has 0 radical (unpaired) electrons. The number of piperidine rings is 1. The molecule has 2 fully saturated rings. The maximum atomic E-state index is 13.6. The van der Waals surface area contributed by atoms with Gasteiger partial charge in [0.15, 0.2) is 0 Å². The lowest BCUT2D eigenvalue weighted by Crippen LogP contribution is -2.49. The minimum Gasteiger partial charge on any atom is -0.481 e. The van der Waals surface area contributed by atoms with Crippen molar-refractivity contribution in [3.05, 3.63) is 59.7 Å². The van der Waals surface area contributed by atoms with Crippen molar-refractivity contribution in [2.45, 2.75) is 24.6 Å². The van der Waals surface area contributed by atoms with Gasteiger partial charge in [-0.15, -0.1) is 0 Å². The van der Waals surface area contributed by atoms with Crippen molar-refractivity contribution in [2.75, 3.05) is 19.7 Å². The van der Waals surface area contributed by atoms with Crippen LogP contribution in [0.1, 0.15) is 23.5 Å². The lowest BCUT2D eigenvalue weighted by molar-refractivity contribution is -0.163. The molecule has 10 heteroatoms. The Kier molecular flexibility index (Phi) is 5.69. The second-order valence-corrected chi connectivity index (χ2v) is 9.26. The molecule has 3 unspecified atom stereocenters. The molecule has 1 saturated heterocycles. The van der Waals surface area contributed by atoms with Gasteiger partial charge in [0.05, 0.1) is 12.3 Å². The Labute approximate surface area is 198 Å². The molecule has 2 N–H and O–H groups in total. The number of alkyl carbamates (subject to hydrolysis) is 1. The summed E-state index contributed by atoms with van der Waals surface area (Å²) in [6.45, 7) is 0.0937. The number of carboxylic acid groups (broad SMARTS) is 1. The molecule has 2 amide bonds. The smallest absolute Gasteiger partial charge is 0.409 e. The number of halogens is 3. The molecular weight excluding hydrogens is 465 g/mol. The van der Waals surface area contributed by atoms with Crippen LogP contribution in [-0.2, 0) is 14.3 Å². The SMILES string of the molecule is O=C(NC(CC(=O)N1CC2C(C1)C2C(=O)O)C(F)(F)F)OCC1c2ccccc2-c2ccccc21. The molecule has 1 aliphatic heterocycles. The summed E-state index contributed by atoms with van der Waals surface area (Å²) in [4.78, 5) is 37.1. The molecule has 184 valence electrons. The van der Waals surface area contributed by atoms with E-state index in [1.54, 1.807) is 5.32 Å². The van der Waals surface area contributed by atoms with Crippen LogP contribution in [0.5, 0.6) is 0 Å². The molecule has 1 saturated carbocycles. The first kappa shape index (κ1) is 23.2. The summed E-state index contributed by atoms with van der Waals surface area (Å²) in [6, 6.07) is 12.8. The number of benzene rings is 2. The van der Waals surface area contributed by atoms with E-state index in [4.69, 9.17) is 9.84 Å². The number of hydrogen-bond acceptors (Lipinski definition) is 4. The Bertz CT molecular complexity index is 1130. The lowest BCUT2D eigenvalue weighted by atomic mass is 9.98. The highest BCUT2D eigenvalue weighted by atomic mass is 19.4. The highest BCUT2D eigenvalue weighted by molar-refractivity contribution is 5.81. The van der Waals surface area contributed by atoms with E-state index in [0.29, 0.717) is 0 Å². The van der Waals surface area contributed by atoms with E-state index in [0.717, 1.165) is 22.3 Å². The van der Waals surface area contributed by atoms with Gasteiger partial charge in [-0.2, -0.15) is 13.2 Å². The largest absolute Gasteiger partial charge is 0.481 e.